The second-order valence-electron chi connectivity index (χ2n) is 6.88. The molecule has 0 aromatic heterocycles. The van der Waals surface area contributed by atoms with Gasteiger partial charge in [-0.2, -0.15) is 9.98 Å². The van der Waals surface area contributed by atoms with Crippen molar-refractivity contribution in [2.45, 2.75) is 37.8 Å². The molecule has 30 heavy (non-hydrogen) atoms. The van der Waals surface area contributed by atoms with Crippen LogP contribution >= 0.6 is 0 Å². The molecule has 2 aromatic carbocycles. The quantitative estimate of drug-likeness (QED) is 0.621. The monoisotopic (exact) mass is 429 g/mol. The summed E-state index contributed by atoms with van der Waals surface area (Å²) < 4.78 is 32.7. The zero-order chi connectivity index (χ0) is 22.3. The number of hydrogen-bond acceptors (Lipinski definition) is 6. The molecule has 9 heteroatoms. The third-order valence-corrected chi connectivity index (χ3v) is 5.68. The number of rotatable bonds is 8. The largest absolute Gasteiger partial charge is 0.451 e. The summed E-state index contributed by atoms with van der Waals surface area (Å²) in [4.78, 5) is 25.0. The standard InChI is InChI=1S/C21H23N3O5S/c1-14(2)19(24-30(27,28)17-10-5-4-6-11-17)21(26)29-15(3)20(25)23-18-12-8-7-9-16(18)13-22/h4-12,14-15,19,24H,1-3H3,(H,23,25)/t15-,19+/m0/s1. The summed E-state index contributed by atoms with van der Waals surface area (Å²) in [5, 5.41) is 11.6. The van der Waals surface area contributed by atoms with Gasteiger partial charge in [-0.1, -0.05) is 44.2 Å². The van der Waals surface area contributed by atoms with Gasteiger partial charge in [-0.15, -0.1) is 0 Å². The SMILES string of the molecule is CC(C)[C@@H](NS(=O)(=O)c1ccccc1)C(=O)O[C@@H](C)C(=O)Nc1ccccc1C#N. The fraction of sp³-hybridized carbons (Fsp3) is 0.286. The van der Waals surface area contributed by atoms with Gasteiger partial charge in [-0.25, -0.2) is 8.42 Å². The van der Waals surface area contributed by atoms with Gasteiger partial charge in [0.1, 0.15) is 12.1 Å². The van der Waals surface area contributed by atoms with Crippen LogP contribution < -0.4 is 10.0 Å². The molecular weight excluding hydrogens is 406 g/mol. The Morgan fingerprint density at radius 3 is 2.20 bits per heavy atom. The number of para-hydroxylation sites is 1. The molecule has 0 heterocycles. The number of ether oxygens (including phenoxy) is 1. The Labute approximate surface area is 175 Å². The normalized spacial score (nSPS) is 13.2. The molecule has 0 unspecified atom stereocenters. The number of carbonyl (C=O) groups is 2. The molecule has 0 spiro atoms. The van der Waals surface area contributed by atoms with Gasteiger partial charge in [0.15, 0.2) is 6.10 Å². The van der Waals surface area contributed by atoms with Gasteiger partial charge >= 0.3 is 5.97 Å². The van der Waals surface area contributed by atoms with Gasteiger partial charge in [-0.05, 0) is 37.1 Å². The van der Waals surface area contributed by atoms with Crippen molar-refractivity contribution in [2.24, 2.45) is 5.92 Å². The second-order valence-corrected chi connectivity index (χ2v) is 8.60. The number of nitriles is 1. The van der Waals surface area contributed by atoms with Crippen LogP contribution in [-0.4, -0.2) is 32.4 Å². The Morgan fingerprint density at radius 1 is 1.00 bits per heavy atom. The van der Waals surface area contributed by atoms with E-state index in [1.54, 1.807) is 56.3 Å². The summed E-state index contributed by atoms with van der Waals surface area (Å²) in [5.74, 6) is -1.94. The fourth-order valence-corrected chi connectivity index (χ4v) is 3.87. The van der Waals surface area contributed by atoms with Crippen LogP contribution in [0.5, 0.6) is 0 Å². The molecule has 0 bridgehead atoms. The second kappa shape index (κ2) is 10.0. The Kier molecular flexibility index (Phi) is 7.69. The average Bonchev–Trinajstić information content (AvgIpc) is 2.72. The summed E-state index contributed by atoms with van der Waals surface area (Å²) in [6.45, 7) is 4.69. The van der Waals surface area contributed by atoms with Crippen LogP contribution in [0, 0.1) is 17.2 Å². The molecule has 8 nitrogen and oxygen atoms in total. The lowest BCUT2D eigenvalue weighted by Gasteiger charge is -2.23. The van der Waals surface area contributed by atoms with Crippen LogP contribution in [0.3, 0.4) is 0 Å². The average molecular weight is 429 g/mol. The lowest BCUT2D eigenvalue weighted by Crippen LogP contribution is -2.47. The van der Waals surface area contributed by atoms with E-state index in [1.807, 2.05) is 6.07 Å². The molecule has 0 radical (unpaired) electrons. The first kappa shape index (κ1) is 23.1. The number of benzene rings is 2. The molecule has 2 atom stereocenters. The highest BCUT2D eigenvalue weighted by molar-refractivity contribution is 7.89. The Balaban J connectivity index is 2.09. The zero-order valence-electron chi connectivity index (χ0n) is 16.8. The number of hydrogen-bond donors (Lipinski definition) is 2. The van der Waals surface area contributed by atoms with Crippen LogP contribution in [0.4, 0.5) is 5.69 Å². The van der Waals surface area contributed by atoms with Gasteiger partial charge < -0.3 is 10.1 Å². The van der Waals surface area contributed by atoms with E-state index in [9.17, 15) is 18.0 Å². The number of carbonyl (C=O) groups excluding carboxylic acids is 2. The highest BCUT2D eigenvalue weighted by atomic mass is 32.2. The molecular formula is C21H23N3O5S. The van der Waals surface area contributed by atoms with Crippen molar-refractivity contribution in [2.75, 3.05) is 5.32 Å². The maximum Gasteiger partial charge on any atom is 0.325 e. The lowest BCUT2D eigenvalue weighted by atomic mass is 10.1. The maximum atomic E-state index is 12.6. The molecule has 2 aromatic rings. The summed E-state index contributed by atoms with van der Waals surface area (Å²) in [7, 11) is -3.95. The van der Waals surface area contributed by atoms with Gasteiger partial charge in [-0.3, -0.25) is 9.59 Å². The van der Waals surface area contributed by atoms with Crippen LogP contribution in [0.1, 0.15) is 26.3 Å². The van der Waals surface area contributed by atoms with Crippen molar-refractivity contribution in [3.05, 3.63) is 60.2 Å². The lowest BCUT2D eigenvalue weighted by molar-refractivity contribution is -0.155. The predicted molar refractivity (Wildman–Crippen MR) is 111 cm³/mol. The fourth-order valence-electron chi connectivity index (χ4n) is 2.52. The third-order valence-electron chi connectivity index (χ3n) is 4.22. The maximum absolute atomic E-state index is 12.6. The van der Waals surface area contributed by atoms with Crippen LogP contribution in [-0.2, 0) is 24.3 Å². The van der Waals surface area contributed by atoms with Gasteiger partial charge in [0, 0.05) is 0 Å². The molecule has 0 saturated heterocycles. The van der Waals surface area contributed by atoms with Crippen LogP contribution in [0.2, 0.25) is 0 Å². The van der Waals surface area contributed by atoms with Crippen molar-refractivity contribution in [1.29, 1.82) is 5.26 Å². The third kappa shape index (κ3) is 5.89. The van der Waals surface area contributed by atoms with Crippen molar-refractivity contribution < 1.29 is 22.7 Å². The Hall–Kier alpha value is -3.22. The van der Waals surface area contributed by atoms with E-state index < -0.39 is 40.0 Å². The molecule has 0 saturated carbocycles. The topological polar surface area (TPSA) is 125 Å². The van der Waals surface area contributed by atoms with E-state index in [4.69, 9.17) is 10.00 Å². The Bertz CT molecular complexity index is 1050. The summed E-state index contributed by atoms with van der Waals surface area (Å²) >= 11 is 0. The summed E-state index contributed by atoms with van der Waals surface area (Å²) in [6, 6.07) is 14.8. The van der Waals surface area contributed by atoms with Crippen LogP contribution in [0.25, 0.3) is 0 Å². The number of esters is 1. The molecule has 0 aliphatic carbocycles. The predicted octanol–water partition coefficient (Wildman–Crippen LogP) is 2.43. The number of anilines is 1. The molecule has 0 aliphatic heterocycles. The first-order chi connectivity index (χ1) is 14.2. The number of nitrogens with zero attached hydrogens (tertiary/aromatic N) is 1. The van der Waals surface area contributed by atoms with E-state index in [-0.39, 0.29) is 16.1 Å². The van der Waals surface area contributed by atoms with Crippen molar-refractivity contribution in [3.63, 3.8) is 0 Å². The highest BCUT2D eigenvalue weighted by Gasteiger charge is 2.32. The Morgan fingerprint density at radius 2 is 1.60 bits per heavy atom. The minimum atomic E-state index is -3.95. The van der Waals surface area contributed by atoms with Gasteiger partial charge in [0.25, 0.3) is 5.91 Å². The molecule has 0 aliphatic rings. The number of sulfonamides is 1. The molecule has 2 N–H and O–H groups in total. The number of amides is 1. The summed E-state index contributed by atoms with van der Waals surface area (Å²) in [5.41, 5.74) is 0.554. The molecule has 0 fully saturated rings. The zero-order valence-corrected chi connectivity index (χ0v) is 17.6. The van der Waals surface area contributed by atoms with E-state index in [0.29, 0.717) is 0 Å². The molecule has 1 amide bonds. The van der Waals surface area contributed by atoms with Crippen LogP contribution in [0.15, 0.2) is 59.5 Å². The summed E-state index contributed by atoms with van der Waals surface area (Å²) in [6.07, 6.45) is -1.20. The minimum Gasteiger partial charge on any atom is -0.451 e. The first-order valence-corrected chi connectivity index (χ1v) is 10.7. The van der Waals surface area contributed by atoms with Crippen molar-refractivity contribution >= 4 is 27.6 Å². The van der Waals surface area contributed by atoms with Crippen molar-refractivity contribution in [1.82, 2.24) is 4.72 Å². The van der Waals surface area contributed by atoms with Crippen molar-refractivity contribution in [3.8, 4) is 6.07 Å². The minimum absolute atomic E-state index is 0.0161. The van der Waals surface area contributed by atoms with E-state index >= 15 is 0 Å². The smallest absolute Gasteiger partial charge is 0.325 e. The van der Waals surface area contributed by atoms with E-state index in [0.717, 1.165) is 0 Å². The molecule has 2 rings (SSSR count). The first-order valence-electron chi connectivity index (χ1n) is 9.23. The van der Waals surface area contributed by atoms with E-state index in [1.165, 1.54) is 19.1 Å². The van der Waals surface area contributed by atoms with Gasteiger partial charge in [0.05, 0.1) is 16.1 Å². The highest BCUT2D eigenvalue weighted by Crippen LogP contribution is 2.16. The molecule has 158 valence electrons. The van der Waals surface area contributed by atoms with Gasteiger partial charge in [0.2, 0.25) is 10.0 Å². The van der Waals surface area contributed by atoms with E-state index in [2.05, 4.69) is 10.0 Å². The number of nitrogens with one attached hydrogen (secondary N) is 2.